The normalized spacial score (nSPS) is 11.5. The summed E-state index contributed by atoms with van der Waals surface area (Å²) >= 11 is 3.74. The maximum Gasteiger partial charge on any atom is 0.0640 e. The SMILES string of the molecule is c1ccc(-c2ccc(N(c3ccc(-c4ccccc4)c(-c4cccc5sc6ccccc6c45)c3)c3cccc4c3sc3ccccc34)cc2)cc1. The maximum absolute atomic E-state index is 2.45. The lowest BCUT2D eigenvalue weighted by atomic mass is 9.91. The molecule has 0 amide bonds. The van der Waals surface area contributed by atoms with E-state index < -0.39 is 0 Å². The Morgan fingerprint density at radius 2 is 0.922 bits per heavy atom. The van der Waals surface area contributed by atoms with Crippen molar-refractivity contribution in [3.63, 3.8) is 0 Å². The van der Waals surface area contributed by atoms with Crippen LogP contribution >= 0.6 is 22.7 Å². The standard InChI is InChI=1S/C48H31NS2/c1-3-13-32(14-4-1)33-25-27-35(28-26-33)49(43-21-11-20-40-38-17-7-9-22-44(38)51-48(40)43)36-29-30-37(34-15-5-2-6-16-34)42(31-36)39-19-12-24-46-47(39)41-18-8-10-23-45(41)50-46/h1-31H. The average molecular weight is 686 g/mol. The van der Waals surface area contributed by atoms with Crippen molar-refractivity contribution < 1.29 is 0 Å². The predicted molar refractivity (Wildman–Crippen MR) is 223 cm³/mol. The van der Waals surface area contributed by atoms with E-state index in [2.05, 4.69) is 193 Å². The maximum atomic E-state index is 2.45. The van der Waals surface area contributed by atoms with Crippen molar-refractivity contribution in [2.24, 2.45) is 0 Å². The molecule has 0 bridgehead atoms. The van der Waals surface area contributed by atoms with Gasteiger partial charge in [0.1, 0.15) is 0 Å². The van der Waals surface area contributed by atoms with Gasteiger partial charge in [0.15, 0.2) is 0 Å². The van der Waals surface area contributed by atoms with Crippen molar-refractivity contribution in [1.82, 2.24) is 0 Å². The van der Waals surface area contributed by atoms with Gasteiger partial charge < -0.3 is 4.90 Å². The number of rotatable bonds is 6. The zero-order chi connectivity index (χ0) is 33.7. The van der Waals surface area contributed by atoms with Gasteiger partial charge in [-0.3, -0.25) is 0 Å². The van der Waals surface area contributed by atoms with Crippen molar-refractivity contribution in [1.29, 1.82) is 0 Å². The van der Waals surface area contributed by atoms with E-state index in [4.69, 9.17) is 0 Å². The zero-order valence-electron chi connectivity index (χ0n) is 27.7. The van der Waals surface area contributed by atoms with Crippen molar-refractivity contribution in [3.05, 3.63) is 188 Å². The minimum absolute atomic E-state index is 1.12. The van der Waals surface area contributed by atoms with E-state index in [1.807, 2.05) is 22.7 Å². The van der Waals surface area contributed by atoms with Crippen LogP contribution in [-0.4, -0.2) is 0 Å². The van der Waals surface area contributed by atoms with Crippen molar-refractivity contribution >= 4 is 80.1 Å². The first kappa shape index (κ1) is 29.9. The van der Waals surface area contributed by atoms with Gasteiger partial charge in [0.25, 0.3) is 0 Å². The molecule has 0 aliphatic rings. The molecule has 3 heteroatoms. The first-order valence-electron chi connectivity index (χ1n) is 17.3. The molecule has 0 saturated heterocycles. The fourth-order valence-electron chi connectivity index (χ4n) is 7.53. The molecule has 0 aliphatic carbocycles. The fourth-order valence-corrected chi connectivity index (χ4v) is 9.87. The van der Waals surface area contributed by atoms with Crippen LogP contribution < -0.4 is 4.90 Å². The largest absolute Gasteiger partial charge is 0.309 e. The number of hydrogen-bond donors (Lipinski definition) is 0. The summed E-state index contributed by atoms with van der Waals surface area (Å²) < 4.78 is 5.20. The molecule has 1 nitrogen and oxygen atoms in total. The highest BCUT2D eigenvalue weighted by atomic mass is 32.1. The second-order valence-corrected chi connectivity index (χ2v) is 15.0. The molecule has 0 unspecified atom stereocenters. The molecular weight excluding hydrogens is 655 g/mol. The summed E-state index contributed by atoms with van der Waals surface area (Å²) in [6.45, 7) is 0. The van der Waals surface area contributed by atoms with Gasteiger partial charge in [0.05, 0.1) is 10.4 Å². The minimum Gasteiger partial charge on any atom is -0.309 e. The molecule has 0 saturated carbocycles. The van der Waals surface area contributed by atoms with E-state index >= 15 is 0 Å². The Morgan fingerprint density at radius 1 is 0.333 bits per heavy atom. The van der Waals surface area contributed by atoms with E-state index in [1.54, 1.807) is 0 Å². The molecular formula is C48H31NS2. The highest BCUT2D eigenvalue weighted by Crippen LogP contribution is 2.48. The summed E-state index contributed by atoms with van der Waals surface area (Å²) in [7, 11) is 0. The first-order chi connectivity index (χ1) is 25.3. The second-order valence-electron chi connectivity index (χ2n) is 12.9. The number of hydrogen-bond acceptors (Lipinski definition) is 3. The van der Waals surface area contributed by atoms with Crippen LogP contribution in [0.5, 0.6) is 0 Å². The molecule has 10 rings (SSSR count). The van der Waals surface area contributed by atoms with E-state index in [0.29, 0.717) is 0 Å². The second kappa shape index (κ2) is 12.4. The van der Waals surface area contributed by atoms with Crippen LogP contribution in [0.3, 0.4) is 0 Å². The van der Waals surface area contributed by atoms with Crippen molar-refractivity contribution in [3.8, 4) is 33.4 Å². The summed E-state index contributed by atoms with van der Waals surface area (Å²) in [5.74, 6) is 0. The third-order valence-corrected chi connectivity index (χ3v) is 12.2. The molecule has 0 fully saturated rings. The number of benzene rings is 8. The van der Waals surface area contributed by atoms with Crippen LogP contribution in [0.25, 0.3) is 73.7 Å². The van der Waals surface area contributed by atoms with Crippen molar-refractivity contribution in [2.75, 3.05) is 4.90 Å². The van der Waals surface area contributed by atoms with Crippen LogP contribution in [0.4, 0.5) is 17.1 Å². The fraction of sp³-hybridized carbons (Fsp3) is 0. The molecule has 2 aromatic heterocycles. The average Bonchev–Trinajstić information content (AvgIpc) is 3.78. The van der Waals surface area contributed by atoms with Gasteiger partial charge in [-0.15, -0.1) is 22.7 Å². The van der Waals surface area contributed by atoms with Crippen LogP contribution in [0.1, 0.15) is 0 Å². The quantitative estimate of drug-likeness (QED) is 0.168. The van der Waals surface area contributed by atoms with Crippen LogP contribution in [0, 0.1) is 0 Å². The van der Waals surface area contributed by atoms with Gasteiger partial charge in [0, 0.05) is 47.0 Å². The van der Waals surface area contributed by atoms with Gasteiger partial charge >= 0.3 is 0 Å². The molecule has 240 valence electrons. The van der Waals surface area contributed by atoms with E-state index in [1.165, 1.54) is 79.4 Å². The molecule has 0 atom stereocenters. The number of nitrogens with zero attached hydrogens (tertiary/aromatic N) is 1. The summed E-state index contributed by atoms with van der Waals surface area (Å²) in [6.07, 6.45) is 0. The molecule has 2 heterocycles. The summed E-state index contributed by atoms with van der Waals surface area (Å²) in [5, 5.41) is 5.21. The third-order valence-electron chi connectivity index (χ3n) is 9.90. The molecule has 0 N–H and O–H groups in total. The lowest BCUT2D eigenvalue weighted by Crippen LogP contribution is -2.10. The summed E-state index contributed by atoms with van der Waals surface area (Å²) in [5.41, 5.74) is 10.8. The molecule has 51 heavy (non-hydrogen) atoms. The highest BCUT2D eigenvalue weighted by Gasteiger charge is 2.21. The zero-order valence-corrected chi connectivity index (χ0v) is 29.3. The first-order valence-corrected chi connectivity index (χ1v) is 18.9. The van der Waals surface area contributed by atoms with Gasteiger partial charge in [-0.25, -0.2) is 0 Å². The van der Waals surface area contributed by atoms with Crippen LogP contribution in [0.2, 0.25) is 0 Å². The van der Waals surface area contributed by atoms with Gasteiger partial charge in [0.2, 0.25) is 0 Å². The van der Waals surface area contributed by atoms with E-state index in [0.717, 1.165) is 11.4 Å². The van der Waals surface area contributed by atoms with Gasteiger partial charge in [-0.05, 0) is 81.9 Å². The Kier molecular flexibility index (Phi) is 7.26. The van der Waals surface area contributed by atoms with Crippen LogP contribution in [0.15, 0.2) is 188 Å². The number of fused-ring (bicyclic) bond motifs is 6. The monoisotopic (exact) mass is 685 g/mol. The molecule has 8 aromatic carbocycles. The Bertz CT molecular complexity index is 2850. The summed E-state index contributed by atoms with van der Waals surface area (Å²) in [6, 6.07) is 68.6. The predicted octanol–water partition coefficient (Wildman–Crippen LogP) is 14.9. The lowest BCUT2D eigenvalue weighted by Gasteiger charge is -2.27. The molecule has 0 radical (unpaired) electrons. The van der Waals surface area contributed by atoms with E-state index in [9.17, 15) is 0 Å². The Hall–Kier alpha value is -6.00. The number of anilines is 3. The van der Waals surface area contributed by atoms with Gasteiger partial charge in [-0.2, -0.15) is 0 Å². The Morgan fingerprint density at radius 3 is 1.71 bits per heavy atom. The Labute approximate surface area is 304 Å². The van der Waals surface area contributed by atoms with Crippen molar-refractivity contribution in [2.45, 2.75) is 0 Å². The number of thiophene rings is 2. The molecule has 0 spiro atoms. The third kappa shape index (κ3) is 5.13. The topological polar surface area (TPSA) is 3.24 Å². The molecule has 10 aromatic rings. The molecule has 0 aliphatic heterocycles. The summed E-state index contributed by atoms with van der Waals surface area (Å²) in [4.78, 5) is 2.45. The van der Waals surface area contributed by atoms with E-state index in [-0.39, 0.29) is 0 Å². The Balaban J connectivity index is 1.24. The highest BCUT2D eigenvalue weighted by molar-refractivity contribution is 7.26. The van der Waals surface area contributed by atoms with Crippen LogP contribution in [-0.2, 0) is 0 Å². The minimum atomic E-state index is 1.12. The lowest BCUT2D eigenvalue weighted by molar-refractivity contribution is 1.30. The van der Waals surface area contributed by atoms with Gasteiger partial charge in [-0.1, -0.05) is 140 Å². The smallest absolute Gasteiger partial charge is 0.0640 e.